The molecule has 5 nitrogen and oxygen atoms in total. The summed E-state index contributed by atoms with van der Waals surface area (Å²) >= 11 is 0. The molecule has 1 saturated heterocycles. The lowest BCUT2D eigenvalue weighted by molar-refractivity contribution is -0.133. The van der Waals surface area contributed by atoms with E-state index < -0.39 is 0 Å². The molecule has 1 aromatic rings. The average molecular weight is 306 g/mol. The van der Waals surface area contributed by atoms with Crippen molar-refractivity contribution >= 4 is 5.91 Å². The molecule has 1 fully saturated rings. The molecule has 0 bridgehead atoms. The zero-order chi connectivity index (χ0) is 15.9. The highest BCUT2D eigenvalue weighted by atomic mass is 16.2. The Morgan fingerprint density at radius 3 is 3.00 bits per heavy atom. The third-order valence-corrected chi connectivity index (χ3v) is 4.60. The van der Waals surface area contributed by atoms with Crippen LogP contribution in [0.25, 0.3) is 0 Å². The zero-order valence-corrected chi connectivity index (χ0v) is 14.3. The van der Waals surface area contributed by atoms with Crippen LogP contribution in [-0.2, 0) is 17.8 Å². The van der Waals surface area contributed by atoms with Crippen LogP contribution in [0.5, 0.6) is 0 Å². The maximum absolute atomic E-state index is 12.5. The first-order valence-corrected chi connectivity index (χ1v) is 8.56. The standard InChI is InChI=1S/C17H30N4O/c1-4-5-11-20-13-10-18-16(20)8-9-17(22)21-12-6-7-15(14-21)19(2)3/h10,13,15H,4-9,11-12,14H2,1-3H3/t15-/m1/s1. The molecule has 0 aliphatic carbocycles. The van der Waals surface area contributed by atoms with Crippen molar-refractivity contribution in [1.29, 1.82) is 0 Å². The molecule has 2 heterocycles. The molecular formula is C17H30N4O. The van der Waals surface area contributed by atoms with Crippen LogP contribution in [0.4, 0.5) is 0 Å². The molecule has 5 heteroatoms. The number of hydrogen-bond acceptors (Lipinski definition) is 3. The van der Waals surface area contributed by atoms with Crippen LogP contribution in [0.1, 0.15) is 44.9 Å². The van der Waals surface area contributed by atoms with Crippen molar-refractivity contribution in [2.75, 3.05) is 27.2 Å². The molecule has 1 atom stereocenters. The molecule has 0 spiro atoms. The number of carbonyl (C=O) groups is 1. The van der Waals surface area contributed by atoms with Gasteiger partial charge in [-0.15, -0.1) is 0 Å². The first kappa shape index (κ1) is 17.0. The second-order valence-corrected chi connectivity index (χ2v) is 6.49. The van der Waals surface area contributed by atoms with Crippen LogP contribution in [-0.4, -0.2) is 58.5 Å². The fraction of sp³-hybridized carbons (Fsp3) is 0.765. The first-order chi connectivity index (χ1) is 10.6. The molecule has 2 rings (SSSR count). The summed E-state index contributed by atoms with van der Waals surface area (Å²) in [5.41, 5.74) is 0. The van der Waals surface area contributed by atoms with Crippen molar-refractivity contribution in [2.24, 2.45) is 0 Å². The number of hydrogen-bond donors (Lipinski definition) is 0. The minimum Gasteiger partial charge on any atom is -0.341 e. The Labute approximate surface area is 134 Å². The van der Waals surface area contributed by atoms with Crippen molar-refractivity contribution in [3.05, 3.63) is 18.2 Å². The first-order valence-electron chi connectivity index (χ1n) is 8.56. The van der Waals surface area contributed by atoms with Crippen molar-refractivity contribution in [3.8, 4) is 0 Å². The van der Waals surface area contributed by atoms with Gasteiger partial charge >= 0.3 is 0 Å². The number of rotatable bonds is 7. The molecule has 1 aromatic heterocycles. The van der Waals surface area contributed by atoms with E-state index in [1.807, 2.05) is 17.3 Å². The zero-order valence-electron chi connectivity index (χ0n) is 14.3. The number of nitrogens with zero attached hydrogens (tertiary/aromatic N) is 4. The van der Waals surface area contributed by atoms with Gasteiger partial charge in [0.15, 0.2) is 0 Å². The second-order valence-electron chi connectivity index (χ2n) is 6.49. The molecule has 0 N–H and O–H groups in total. The monoisotopic (exact) mass is 306 g/mol. The summed E-state index contributed by atoms with van der Waals surface area (Å²) in [5.74, 6) is 1.32. The Morgan fingerprint density at radius 2 is 2.27 bits per heavy atom. The van der Waals surface area contributed by atoms with Gasteiger partial charge in [0.05, 0.1) is 0 Å². The highest BCUT2D eigenvalue weighted by molar-refractivity contribution is 5.76. The van der Waals surface area contributed by atoms with E-state index in [0.717, 1.165) is 44.7 Å². The summed E-state index contributed by atoms with van der Waals surface area (Å²) in [5, 5.41) is 0. The van der Waals surface area contributed by atoms with Crippen molar-refractivity contribution < 1.29 is 4.79 Å². The third kappa shape index (κ3) is 4.57. The number of unbranched alkanes of at least 4 members (excludes halogenated alkanes) is 1. The molecule has 1 amide bonds. The lowest BCUT2D eigenvalue weighted by Gasteiger charge is -2.36. The fourth-order valence-electron chi connectivity index (χ4n) is 3.08. The number of aromatic nitrogens is 2. The van der Waals surface area contributed by atoms with Gasteiger partial charge in [-0.25, -0.2) is 4.98 Å². The molecule has 1 aliphatic rings. The van der Waals surface area contributed by atoms with Crippen LogP contribution >= 0.6 is 0 Å². The Morgan fingerprint density at radius 1 is 1.45 bits per heavy atom. The quantitative estimate of drug-likeness (QED) is 0.775. The van der Waals surface area contributed by atoms with Crippen LogP contribution in [0.2, 0.25) is 0 Å². The van der Waals surface area contributed by atoms with E-state index in [-0.39, 0.29) is 5.91 Å². The van der Waals surface area contributed by atoms with Crippen LogP contribution in [0.15, 0.2) is 12.4 Å². The van der Waals surface area contributed by atoms with Gasteiger partial charge in [0.25, 0.3) is 0 Å². The van der Waals surface area contributed by atoms with E-state index in [9.17, 15) is 4.79 Å². The molecule has 22 heavy (non-hydrogen) atoms. The Hall–Kier alpha value is -1.36. The number of aryl methyl sites for hydroxylation is 2. The van der Waals surface area contributed by atoms with Gasteiger partial charge in [-0.05, 0) is 33.4 Å². The minimum atomic E-state index is 0.275. The summed E-state index contributed by atoms with van der Waals surface area (Å²) in [7, 11) is 4.20. The van der Waals surface area contributed by atoms with Gasteiger partial charge in [0.1, 0.15) is 5.82 Å². The third-order valence-electron chi connectivity index (χ3n) is 4.60. The Bertz CT molecular complexity index is 469. The number of piperidine rings is 1. The van der Waals surface area contributed by atoms with E-state index in [1.165, 1.54) is 12.8 Å². The molecule has 0 radical (unpaired) electrons. The number of likely N-dealkylation sites (N-methyl/N-ethyl adjacent to an activating group) is 1. The minimum absolute atomic E-state index is 0.275. The number of imidazole rings is 1. The van der Waals surface area contributed by atoms with Crippen molar-refractivity contribution in [1.82, 2.24) is 19.4 Å². The summed E-state index contributed by atoms with van der Waals surface area (Å²) in [6.07, 6.45) is 9.83. The average Bonchev–Trinajstić information content (AvgIpc) is 2.98. The van der Waals surface area contributed by atoms with Crippen LogP contribution < -0.4 is 0 Å². The highest BCUT2D eigenvalue weighted by Crippen LogP contribution is 2.15. The van der Waals surface area contributed by atoms with E-state index in [1.54, 1.807) is 0 Å². The summed E-state index contributed by atoms with van der Waals surface area (Å²) in [6.45, 7) is 4.98. The Kier molecular flexibility index (Phi) is 6.43. The molecular weight excluding hydrogens is 276 g/mol. The number of amides is 1. The molecule has 0 aromatic carbocycles. The molecule has 0 unspecified atom stereocenters. The normalized spacial score (nSPS) is 18.9. The van der Waals surface area contributed by atoms with Crippen LogP contribution in [0.3, 0.4) is 0 Å². The fourth-order valence-corrected chi connectivity index (χ4v) is 3.08. The highest BCUT2D eigenvalue weighted by Gasteiger charge is 2.24. The molecule has 124 valence electrons. The van der Waals surface area contributed by atoms with Gasteiger partial charge in [-0.2, -0.15) is 0 Å². The topological polar surface area (TPSA) is 41.4 Å². The maximum Gasteiger partial charge on any atom is 0.223 e. The summed E-state index contributed by atoms with van der Waals surface area (Å²) in [6, 6.07) is 0.504. The smallest absolute Gasteiger partial charge is 0.223 e. The predicted octanol–water partition coefficient (Wildman–Crippen LogP) is 2.17. The molecule has 1 aliphatic heterocycles. The lowest BCUT2D eigenvalue weighted by atomic mass is 10.0. The van der Waals surface area contributed by atoms with Gasteiger partial charge in [0.2, 0.25) is 5.91 Å². The van der Waals surface area contributed by atoms with Crippen molar-refractivity contribution in [2.45, 2.75) is 58.0 Å². The second kappa shape index (κ2) is 8.32. The molecule has 0 saturated carbocycles. The van der Waals surface area contributed by atoms with E-state index in [0.29, 0.717) is 12.5 Å². The van der Waals surface area contributed by atoms with Gasteiger partial charge in [0, 0.05) is 50.9 Å². The van der Waals surface area contributed by atoms with Crippen molar-refractivity contribution in [3.63, 3.8) is 0 Å². The van der Waals surface area contributed by atoms with E-state index in [2.05, 4.69) is 35.5 Å². The maximum atomic E-state index is 12.5. The predicted molar refractivity (Wildman–Crippen MR) is 88.7 cm³/mol. The largest absolute Gasteiger partial charge is 0.341 e. The SMILES string of the molecule is CCCCn1ccnc1CCC(=O)N1CCC[C@@H](N(C)C)C1. The number of carbonyl (C=O) groups excluding carboxylic acids is 1. The van der Waals surface area contributed by atoms with Gasteiger partial charge < -0.3 is 14.4 Å². The van der Waals surface area contributed by atoms with Crippen LogP contribution in [0, 0.1) is 0 Å². The number of likely N-dealkylation sites (tertiary alicyclic amines) is 1. The van der Waals surface area contributed by atoms with Gasteiger partial charge in [-0.3, -0.25) is 4.79 Å². The van der Waals surface area contributed by atoms with E-state index >= 15 is 0 Å². The lowest BCUT2D eigenvalue weighted by Crippen LogP contribution is -2.47. The summed E-state index contributed by atoms with van der Waals surface area (Å²) in [4.78, 5) is 21.1. The van der Waals surface area contributed by atoms with Gasteiger partial charge in [-0.1, -0.05) is 13.3 Å². The summed E-state index contributed by atoms with van der Waals surface area (Å²) < 4.78 is 2.19. The van der Waals surface area contributed by atoms with E-state index in [4.69, 9.17) is 0 Å². The Balaban J connectivity index is 1.83.